The van der Waals surface area contributed by atoms with E-state index in [4.69, 9.17) is 9.94 Å². The van der Waals surface area contributed by atoms with Crippen LogP contribution in [-0.4, -0.2) is 55.1 Å². The first-order valence-corrected chi connectivity index (χ1v) is 13.1. The number of aryl methyl sites for hydroxylation is 1. The van der Waals surface area contributed by atoms with Crippen molar-refractivity contribution < 1.29 is 23.2 Å². The Morgan fingerprint density at radius 1 is 1.08 bits per heavy atom. The number of carbonyl (C=O) groups is 1. The quantitative estimate of drug-likeness (QED) is 0.265. The highest BCUT2D eigenvalue weighted by molar-refractivity contribution is 7.89. The van der Waals surface area contributed by atoms with Gasteiger partial charge in [-0.2, -0.15) is 0 Å². The number of amides is 1. The molecule has 3 N–H and O–H groups in total. The number of likely N-dealkylation sites (tertiary alicyclic amines) is 1. The normalized spacial score (nSPS) is 14.8. The van der Waals surface area contributed by atoms with Crippen LogP contribution in [0.5, 0.6) is 5.75 Å². The Bertz CT molecular complexity index is 1290. The van der Waals surface area contributed by atoms with E-state index < -0.39 is 22.0 Å². The summed E-state index contributed by atoms with van der Waals surface area (Å²) in [5, 5.41) is 10.1. The van der Waals surface area contributed by atoms with Crippen LogP contribution in [0.1, 0.15) is 30.5 Å². The molecule has 1 unspecified atom stereocenters. The number of nitrogens with one attached hydrogen (secondary N) is 2. The van der Waals surface area contributed by atoms with Crippen molar-refractivity contribution in [2.75, 3.05) is 19.6 Å². The van der Waals surface area contributed by atoms with E-state index in [9.17, 15) is 13.2 Å². The van der Waals surface area contributed by atoms with Gasteiger partial charge in [-0.1, -0.05) is 24.6 Å². The van der Waals surface area contributed by atoms with Gasteiger partial charge < -0.3 is 4.74 Å². The number of hydrogen-bond donors (Lipinski definition) is 3. The average Bonchev–Trinajstić information content (AvgIpc) is 2.88. The average molecular weight is 572 g/mol. The first-order chi connectivity index (χ1) is 16.9. The van der Waals surface area contributed by atoms with Crippen LogP contribution in [-0.2, 0) is 21.4 Å². The molecule has 9 nitrogen and oxygen atoms in total. The highest BCUT2D eigenvalue weighted by atomic mass is 35.5. The smallest absolute Gasteiger partial charge is 0.262 e. The Morgan fingerprint density at radius 3 is 2.43 bits per heavy atom. The summed E-state index contributed by atoms with van der Waals surface area (Å²) in [5.41, 5.74) is 4.44. The fraction of sp³-hybridized carbons (Fsp3) is 0.360. The molecule has 12 heteroatoms. The number of hydroxylamine groups is 1. The van der Waals surface area contributed by atoms with Gasteiger partial charge in [-0.15, -0.1) is 24.8 Å². The molecule has 2 aromatic carbocycles. The van der Waals surface area contributed by atoms with Crippen LogP contribution < -0.4 is 14.9 Å². The number of fused-ring (bicyclic) bond motifs is 1. The Labute approximate surface area is 229 Å². The van der Waals surface area contributed by atoms with Gasteiger partial charge in [0.2, 0.25) is 10.0 Å². The molecule has 0 bridgehead atoms. The number of pyridine rings is 1. The van der Waals surface area contributed by atoms with Crippen molar-refractivity contribution >= 4 is 51.6 Å². The second kappa shape index (κ2) is 13.9. The number of para-hydroxylation sites is 1. The number of aromatic nitrogens is 1. The molecule has 1 aliphatic heterocycles. The predicted octanol–water partition coefficient (Wildman–Crippen LogP) is 3.60. The largest absolute Gasteiger partial charge is 0.489 e. The van der Waals surface area contributed by atoms with Crippen molar-refractivity contribution in [3.63, 3.8) is 0 Å². The molecule has 0 radical (unpaired) electrons. The van der Waals surface area contributed by atoms with E-state index in [-0.39, 0.29) is 36.3 Å². The maximum absolute atomic E-state index is 12.8. The topological polar surface area (TPSA) is 121 Å². The molecule has 1 aliphatic rings. The van der Waals surface area contributed by atoms with Crippen LogP contribution in [0.15, 0.2) is 59.5 Å². The minimum absolute atomic E-state index is 0. The number of ether oxygens (including phenoxy) is 1. The molecular formula is C25H32Cl2N4O5S. The molecule has 4 rings (SSSR count). The van der Waals surface area contributed by atoms with Gasteiger partial charge in [0.15, 0.2) is 0 Å². The van der Waals surface area contributed by atoms with Crippen LogP contribution >= 0.6 is 24.8 Å². The third-order valence-corrected chi connectivity index (χ3v) is 7.61. The third-order valence-electron chi connectivity index (χ3n) is 6.17. The zero-order valence-electron chi connectivity index (χ0n) is 20.4. The number of hydrogen-bond acceptors (Lipinski definition) is 7. The number of carbonyl (C=O) groups excluding carboxylic acids is 1. The van der Waals surface area contributed by atoms with Crippen molar-refractivity contribution in [3.8, 4) is 5.75 Å². The summed E-state index contributed by atoms with van der Waals surface area (Å²) >= 11 is 0. The lowest BCUT2D eigenvalue weighted by atomic mass is 10.1. The lowest BCUT2D eigenvalue weighted by molar-refractivity contribution is -0.135. The lowest BCUT2D eigenvalue weighted by Gasteiger charge is -2.33. The van der Waals surface area contributed by atoms with Crippen LogP contribution in [0.4, 0.5) is 0 Å². The van der Waals surface area contributed by atoms with Crippen LogP contribution in [0.2, 0.25) is 0 Å². The number of rotatable bonds is 9. The van der Waals surface area contributed by atoms with Crippen LogP contribution in [0.25, 0.3) is 10.9 Å². The van der Waals surface area contributed by atoms with E-state index in [2.05, 4.69) is 9.71 Å². The van der Waals surface area contributed by atoms with Crippen molar-refractivity contribution in [2.24, 2.45) is 0 Å². The summed E-state index contributed by atoms with van der Waals surface area (Å²) in [4.78, 5) is 18.6. The van der Waals surface area contributed by atoms with E-state index in [1.165, 1.54) is 12.1 Å². The van der Waals surface area contributed by atoms with E-state index in [0.717, 1.165) is 41.4 Å². The highest BCUT2D eigenvalue weighted by Crippen LogP contribution is 2.22. The maximum atomic E-state index is 12.8. The molecule has 0 aliphatic carbocycles. The van der Waals surface area contributed by atoms with E-state index in [1.54, 1.807) is 17.6 Å². The Balaban J connectivity index is 0.00000241. The van der Waals surface area contributed by atoms with E-state index in [1.807, 2.05) is 42.2 Å². The molecule has 202 valence electrons. The molecule has 1 amide bonds. The summed E-state index contributed by atoms with van der Waals surface area (Å²) in [6.45, 7) is 3.47. The second-order valence-electron chi connectivity index (χ2n) is 8.64. The highest BCUT2D eigenvalue weighted by Gasteiger charge is 2.28. The van der Waals surface area contributed by atoms with Gasteiger partial charge in [-0.05, 0) is 69.3 Å². The van der Waals surface area contributed by atoms with Crippen molar-refractivity contribution in [3.05, 3.63) is 65.9 Å². The van der Waals surface area contributed by atoms with Gasteiger partial charge in [0.1, 0.15) is 18.4 Å². The van der Waals surface area contributed by atoms with Gasteiger partial charge in [0.25, 0.3) is 5.91 Å². The molecule has 37 heavy (non-hydrogen) atoms. The molecule has 1 fully saturated rings. The number of piperidine rings is 1. The zero-order chi connectivity index (χ0) is 24.8. The SMILES string of the molecule is Cc1cc(COc2ccc(S(=O)(=O)NCC(C(=O)NO)N3CCCCC3)cc2)c2ccccc2n1.Cl.Cl. The van der Waals surface area contributed by atoms with E-state index >= 15 is 0 Å². The molecule has 0 spiro atoms. The number of benzene rings is 2. The Hall–Kier alpha value is -2.47. The van der Waals surface area contributed by atoms with Gasteiger partial charge in [0, 0.05) is 23.2 Å². The van der Waals surface area contributed by atoms with Crippen molar-refractivity contribution in [1.82, 2.24) is 20.1 Å². The summed E-state index contributed by atoms with van der Waals surface area (Å²) in [6.07, 6.45) is 2.93. The standard InChI is InChI=1S/C25H30N4O5S.2ClH/c1-18-15-19(22-7-3-4-8-23(22)27-18)17-34-20-9-11-21(12-10-20)35(32,33)26-16-24(25(30)28-31)29-13-5-2-6-14-29;;/h3-4,7-12,15,24,26,31H,2,5-6,13-14,16-17H2,1H3,(H,28,30);2*1H. The molecule has 3 aromatic rings. The monoisotopic (exact) mass is 570 g/mol. The fourth-order valence-corrected chi connectivity index (χ4v) is 5.39. The minimum atomic E-state index is -3.86. The number of nitrogens with zero attached hydrogens (tertiary/aromatic N) is 2. The fourth-order valence-electron chi connectivity index (χ4n) is 4.35. The van der Waals surface area contributed by atoms with Gasteiger partial charge >= 0.3 is 0 Å². The Kier molecular flexibility index (Phi) is 11.5. The zero-order valence-corrected chi connectivity index (χ0v) is 22.9. The van der Waals surface area contributed by atoms with Crippen molar-refractivity contribution in [1.29, 1.82) is 0 Å². The molecule has 1 atom stereocenters. The maximum Gasteiger partial charge on any atom is 0.262 e. The Morgan fingerprint density at radius 2 is 1.76 bits per heavy atom. The lowest BCUT2D eigenvalue weighted by Crippen LogP contribution is -2.53. The first kappa shape index (κ1) is 30.8. The minimum Gasteiger partial charge on any atom is -0.489 e. The summed E-state index contributed by atoms with van der Waals surface area (Å²) in [6, 6.07) is 15.2. The number of halogens is 2. The van der Waals surface area contributed by atoms with Crippen LogP contribution in [0.3, 0.4) is 0 Å². The first-order valence-electron chi connectivity index (χ1n) is 11.6. The third kappa shape index (κ3) is 7.76. The molecule has 0 saturated carbocycles. The molecule has 1 aromatic heterocycles. The van der Waals surface area contributed by atoms with Crippen LogP contribution in [0, 0.1) is 6.92 Å². The van der Waals surface area contributed by atoms with Gasteiger partial charge in [0.05, 0.1) is 10.4 Å². The number of sulfonamides is 1. The summed E-state index contributed by atoms with van der Waals surface area (Å²) < 4.78 is 34.1. The van der Waals surface area contributed by atoms with Gasteiger partial charge in [-0.25, -0.2) is 18.6 Å². The molecule has 2 heterocycles. The van der Waals surface area contributed by atoms with Gasteiger partial charge in [-0.3, -0.25) is 19.9 Å². The molecular weight excluding hydrogens is 539 g/mol. The van der Waals surface area contributed by atoms with Crippen molar-refractivity contribution in [2.45, 2.75) is 43.7 Å². The van der Waals surface area contributed by atoms with E-state index in [0.29, 0.717) is 25.4 Å². The predicted molar refractivity (Wildman–Crippen MR) is 146 cm³/mol. The molecule has 1 saturated heterocycles. The second-order valence-corrected chi connectivity index (χ2v) is 10.4. The summed E-state index contributed by atoms with van der Waals surface area (Å²) in [7, 11) is -3.86. The summed E-state index contributed by atoms with van der Waals surface area (Å²) in [5.74, 6) is -0.0921.